The summed E-state index contributed by atoms with van der Waals surface area (Å²) in [4.78, 5) is 49.9. The van der Waals surface area contributed by atoms with Crippen molar-refractivity contribution in [3.8, 4) is 11.1 Å². The smallest absolute Gasteiger partial charge is 0.259 e. The number of amides is 4. The van der Waals surface area contributed by atoms with E-state index in [9.17, 15) is 19.2 Å². The Kier molecular flexibility index (Phi) is 6.12. The van der Waals surface area contributed by atoms with Crippen LogP contribution in [0.4, 0.5) is 0 Å². The number of para-hydroxylation sites is 1. The molecule has 4 amide bonds. The Hall–Kier alpha value is -5.24. The number of aryl methyl sites for hydroxylation is 3. The van der Waals surface area contributed by atoms with Gasteiger partial charge in [-0.15, -0.1) is 0 Å². The van der Waals surface area contributed by atoms with Gasteiger partial charge in [0.25, 0.3) is 11.8 Å². The van der Waals surface area contributed by atoms with E-state index in [1.807, 2.05) is 30.6 Å². The molecule has 208 valence electrons. The number of rotatable bonds is 3. The summed E-state index contributed by atoms with van der Waals surface area (Å²) >= 11 is 0. The van der Waals surface area contributed by atoms with Crippen LogP contribution < -0.4 is 10.6 Å². The number of hydrogen-bond acceptors (Lipinski definition) is 4. The van der Waals surface area contributed by atoms with Crippen molar-refractivity contribution < 1.29 is 19.2 Å². The average Bonchev–Trinajstić information content (AvgIpc) is 3.74. The highest BCUT2D eigenvalue weighted by atomic mass is 16.2. The minimum absolute atomic E-state index is 0.148. The summed E-state index contributed by atoms with van der Waals surface area (Å²) in [5, 5.41) is 6.66. The van der Waals surface area contributed by atoms with E-state index < -0.39 is 0 Å². The van der Waals surface area contributed by atoms with Crippen molar-refractivity contribution in [2.24, 2.45) is 0 Å². The van der Waals surface area contributed by atoms with E-state index in [4.69, 9.17) is 0 Å². The fourth-order valence-electron chi connectivity index (χ4n) is 6.26. The van der Waals surface area contributed by atoms with Crippen LogP contribution in [0.3, 0.4) is 0 Å². The van der Waals surface area contributed by atoms with E-state index in [1.165, 1.54) is 16.6 Å². The number of carbonyl (C=O) groups is 4. The van der Waals surface area contributed by atoms with Crippen LogP contribution in [0, 0.1) is 6.92 Å². The van der Waals surface area contributed by atoms with Gasteiger partial charge < -0.3 is 9.55 Å². The molecule has 0 atom stereocenters. The Bertz CT molecular complexity index is 1990. The lowest BCUT2D eigenvalue weighted by atomic mass is 9.93. The minimum Gasteiger partial charge on any atom is -0.361 e. The Morgan fingerprint density at radius 1 is 0.714 bits per heavy atom. The van der Waals surface area contributed by atoms with Crippen molar-refractivity contribution in [2.75, 3.05) is 0 Å². The van der Waals surface area contributed by atoms with Gasteiger partial charge in [0.1, 0.15) is 0 Å². The van der Waals surface area contributed by atoms with Crippen molar-refractivity contribution in [3.63, 3.8) is 0 Å². The van der Waals surface area contributed by atoms with E-state index in [0.717, 1.165) is 57.9 Å². The van der Waals surface area contributed by atoms with Gasteiger partial charge in [-0.2, -0.15) is 0 Å². The first kappa shape index (κ1) is 25.7. The van der Waals surface area contributed by atoms with Gasteiger partial charge in [-0.25, -0.2) is 0 Å². The molecule has 1 fully saturated rings. The Morgan fingerprint density at radius 2 is 1.45 bits per heavy atom. The van der Waals surface area contributed by atoms with Gasteiger partial charge in [-0.05, 0) is 48.6 Å². The summed E-state index contributed by atoms with van der Waals surface area (Å²) in [7, 11) is 0. The van der Waals surface area contributed by atoms with E-state index in [2.05, 4.69) is 69.6 Å². The Balaban J connectivity index is 0.000000363. The lowest BCUT2D eigenvalue weighted by Crippen LogP contribution is -2.22. The maximum Gasteiger partial charge on any atom is 0.259 e. The Morgan fingerprint density at radius 3 is 2.19 bits per heavy atom. The lowest BCUT2D eigenvalue weighted by molar-refractivity contribution is -0.125. The molecule has 3 N–H and O–H groups in total. The number of H-pyrrole nitrogens is 1. The van der Waals surface area contributed by atoms with Crippen molar-refractivity contribution in [2.45, 2.75) is 39.2 Å². The zero-order valence-electron chi connectivity index (χ0n) is 23.0. The van der Waals surface area contributed by atoms with Gasteiger partial charge in [0, 0.05) is 59.2 Å². The third-order valence-corrected chi connectivity index (χ3v) is 8.19. The number of imide groups is 2. The summed E-state index contributed by atoms with van der Waals surface area (Å²) in [5.41, 5.74) is 9.25. The van der Waals surface area contributed by atoms with E-state index in [1.54, 1.807) is 0 Å². The number of fused-ring (bicyclic) bond motifs is 1. The summed E-state index contributed by atoms with van der Waals surface area (Å²) in [5.74, 6) is -0.980. The first-order chi connectivity index (χ1) is 20.4. The van der Waals surface area contributed by atoms with Gasteiger partial charge in [-0.3, -0.25) is 29.8 Å². The average molecular weight is 557 g/mol. The molecule has 0 radical (unpaired) electrons. The molecular formula is C34H28N4O4. The second-order valence-electron chi connectivity index (χ2n) is 11.0. The van der Waals surface area contributed by atoms with Gasteiger partial charge >= 0.3 is 0 Å². The summed E-state index contributed by atoms with van der Waals surface area (Å²) < 4.78 is 2.23. The Labute approximate surface area is 241 Å². The highest BCUT2D eigenvalue weighted by Gasteiger charge is 2.35. The zero-order valence-corrected chi connectivity index (χ0v) is 23.0. The van der Waals surface area contributed by atoms with Crippen molar-refractivity contribution >= 4 is 56.6 Å². The normalized spacial score (nSPS) is 16.2. The topological polar surface area (TPSA) is 113 Å². The molecule has 3 aliphatic rings. The molecule has 0 saturated carbocycles. The number of hydrogen-bond donors (Lipinski definition) is 3. The standard InChI is InChI=1S/C30H23N3O2.C4H5NO2/c1-17-5-2-7-19(13-17)20-10-11-25-22(14-20)23(15-31-25)26-27(30(35)32-29(26)34)24-16-33-12-4-8-18-6-3-9-21(24)28(18)33;6-3-1-2-4(7)5-3/h2-3,5-7,9-11,13-16,31H,4,8,12H2,1H3,(H,32,34,35);1-2H2,(H,5,6,7). The molecule has 1 saturated heterocycles. The van der Waals surface area contributed by atoms with Gasteiger partial charge in [0.05, 0.1) is 16.7 Å². The molecule has 42 heavy (non-hydrogen) atoms. The molecule has 8 nitrogen and oxygen atoms in total. The molecule has 3 aromatic carbocycles. The number of aromatic amines is 1. The fourth-order valence-corrected chi connectivity index (χ4v) is 6.26. The molecule has 0 bridgehead atoms. The molecule has 3 aliphatic heterocycles. The molecule has 8 rings (SSSR count). The summed E-state index contributed by atoms with van der Waals surface area (Å²) in [6, 6.07) is 20.8. The first-order valence-electron chi connectivity index (χ1n) is 14.1. The van der Waals surface area contributed by atoms with E-state index in [0.29, 0.717) is 24.0 Å². The van der Waals surface area contributed by atoms with Crippen molar-refractivity contribution in [3.05, 3.63) is 95.3 Å². The molecule has 0 spiro atoms. The molecule has 5 heterocycles. The highest BCUT2D eigenvalue weighted by Crippen LogP contribution is 2.40. The lowest BCUT2D eigenvalue weighted by Gasteiger charge is -2.14. The second kappa shape index (κ2) is 9.99. The predicted molar refractivity (Wildman–Crippen MR) is 161 cm³/mol. The van der Waals surface area contributed by atoms with Crippen LogP contribution in [-0.2, 0) is 32.1 Å². The zero-order chi connectivity index (χ0) is 29.0. The third-order valence-electron chi connectivity index (χ3n) is 8.19. The van der Waals surface area contributed by atoms with Crippen LogP contribution in [0.5, 0.6) is 0 Å². The highest BCUT2D eigenvalue weighted by molar-refractivity contribution is 6.50. The SMILES string of the molecule is Cc1cccc(-c2ccc3[nH]cc(C4=C(c5cn6c7c(cccc57)CCC6)C(=O)NC4=O)c3c2)c1.O=C1CCC(=O)N1. The first-order valence-corrected chi connectivity index (χ1v) is 14.1. The van der Waals surface area contributed by atoms with Crippen LogP contribution in [0.1, 0.15) is 41.5 Å². The number of carbonyl (C=O) groups excluding carboxylic acids is 4. The number of benzene rings is 3. The molecule has 8 heteroatoms. The predicted octanol–water partition coefficient (Wildman–Crippen LogP) is 5.03. The fraction of sp³-hybridized carbons (Fsp3) is 0.176. The number of nitrogens with one attached hydrogen (secondary N) is 3. The molecule has 2 aromatic heterocycles. The molecule has 0 unspecified atom stereocenters. The third kappa shape index (κ3) is 4.32. The van der Waals surface area contributed by atoms with Crippen molar-refractivity contribution in [1.29, 1.82) is 0 Å². The van der Waals surface area contributed by atoms with Crippen LogP contribution in [0.25, 0.3) is 44.1 Å². The van der Waals surface area contributed by atoms with Crippen LogP contribution >= 0.6 is 0 Å². The van der Waals surface area contributed by atoms with Gasteiger partial charge in [0.15, 0.2) is 0 Å². The van der Waals surface area contributed by atoms with Crippen LogP contribution in [-0.4, -0.2) is 33.2 Å². The van der Waals surface area contributed by atoms with Crippen LogP contribution in [0.2, 0.25) is 0 Å². The maximum absolute atomic E-state index is 13.2. The number of nitrogens with zero attached hydrogens (tertiary/aromatic N) is 1. The molecule has 0 aliphatic carbocycles. The van der Waals surface area contributed by atoms with E-state index >= 15 is 0 Å². The summed E-state index contributed by atoms with van der Waals surface area (Å²) in [6.07, 6.45) is 6.75. The largest absolute Gasteiger partial charge is 0.361 e. The van der Waals surface area contributed by atoms with Gasteiger partial charge in [0.2, 0.25) is 11.8 Å². The molecular weight excluding hydrogens is 528 g/mol. The van der Waals surface area contributed by atoms with Gasteiger partial charge in [-0.1, -0.05) is 54.1 Å². The van der Waals surface area contributed by atoms with Crippen molar-refractivity contribution in [1.82, 2.24) is 20.2 Å². The summed E-state index contributed by atoms with van der Waals surface area (Å²) in [6.45, 7) is 2.99. The number of aromatic nitrogens is 2. The molecule has 5 aromatic rings. The van der Waals surface area contributed by atoms with Crippen LogP contribution in [0.15, 0.2) is 73.1 Å². The quantitative estimate of drug-likeness (QED) is 0.271. The maximum atomic E-state index is 13.2. The van der Waals surface area contributed by atoms with E-state index in [-0.39, 0.29) is 23.6 Å². The second-order valence-corrected chi connectivity index (χ2v) is 11.0. The monoisotopic (exact) mass is 556 g/mol. The minimum atomic E-state index is -0.348.